The van der Waals surface area contributed by atoms with Crippen LogP contribution in [-0.2, 0) is 0 Å². The van der Waals surface area contributed by atoms with Crippen molar-refractivity contribution in [2.75, 3.05) is 39.8 Å². The van der Waals surface area contributed by atoms with Crippen LogP contribution in [0.15, 0.2) is 4.99 Å². The number of piperidine rings is 1. The highest BCUT2D eigenvalue weighted by atomic mass is 127. The van der Waals surface area contributed by atoms with Gasteiger partial charge in [-0.25, -0.2) is 0 Å². The molecule has 0 bridgehead atoms. The van der Waals surface area contributed by atoms with E-state index < -0.39 is 0 Å². The first-order valence-electron chi connectivity index (χ1n) is 9.40. The summed E-state index contributed by atoms with van der Waals surface area (Å²) < 4.78 is 0. The summed E-state index contributed by atoms with van der Waals surface area (Å²) in [7, 11) is 2.22. The summed E-state index contributed by atoms with van der Waals surface area (Å²) in [5.41, 5.74) is 0. The van der Waals surface area contributed by atoms with Crippen LogP contribution in [0.3, 0.4) is 0 Å². The number of halogens is 1. The highest BCUT2D eigenvalue weighted by Crippen LogP contribution is 2.15. The molecular formula is C18H39IN4. The molecule has 5 heteroatoms. The average Bonchev–Trinajstić information content (AvgIpc) is 2.54. The monoisotopic (exact) mass is 438 g/mol. The van der Waals surface area contributed by atoms with Gasteiger partial charge in [0, 0.05) is 19.6 Å². The van der Waals surface area contributed by atoms with Gasteiger partial charge in [-0.2, -0.15) is 0 Å². The molecule has 1 atom stereocenters. The minimum Gasteiger partial charge on any atom is -0.357 e. The Morgan fingerprint density at radius 2 is 1.87 bits per heavy atom. The van der Waals surface area contributed by atoms with Crippen LogP contribution in [0.5, 0.6) is 0 Å². The van der Waals surface area contributed by atoms with E-state index in [1.54, 1.807) is 0 Å². The predicted octanol–water partition coefficient (Wildman–Crippen LogP) is 3.72. The predicted molar refractivity (Wildman–Crippen MR) is 113 cm³/mol. The molecule has 0 aromatic carbocycles. The molecule has 1 aliphatic heterocycles. The van der Waals surface area contributed by atoms with E-state index in [1.165, 1.54) is 51.6 Å². The summed E-state index contributed by atoms with van der Waals surface area (Å²) in [4.78, 5) is 7.25. The Labute approximate surface area is 161 Å². The number of aliphatic imine (C=N–C) groups is 1. The lowest BCUT2D eigenvalue weighted by molar-refractivity contribution is 0.220. The van der Waals surface area contributed by atoms with E-state index in [0.29, 0.717) is 0 Å². The number of hydrogen-bond acceptors (Lipinski definition) is 2. The maximum atomic E-state index is 4.82. The van der Waals surface area contributed by atoms with Gasteiger partial charge in [0.25, 0.3) is 0 Å². The molecule has 0 saturated carbocycles. The maximum absolute atomic E-state index is 4.82. The quantitative estimate of drug-likeness (QED) is 0.328. The molecule has 4 nitrogen and oxygen atoms in total. The first kappa shape index (κ1) is 23.0. The van der Waals surface area contributed by atoms with Gasteiger partial charge in [-0.3, -0.25) is 4.99 Å². The van der Waals surface area contributed by atoms with Crippen molar-refractivity contribution in [2.45, 2.75) is 59.3 Å². The molecule has 0 radical (unpaired) electrons. The summed E-state index contributed by atoms with van der Waals surface area (Å²) in [6, 6.07) is 0. The van der Waals surface area contributed by atoms with Crippen molar-refractivity contribution in [3.63, 3.8) is 0 Å². The molecule has 0 aromatic rings. The van der Waals surface area contributed by atoms with Gasteiger partial charge in [0.1, 0.15) is 0 Å². The van der Waals surface area contributed by atoms with Crippen LogP contribution in [0, 0.1) is 11.8 Å². The molecule has 1 unspecified atom stereocenters. The SMILES string of the molecule is CCCCC(CC)CN=C(NCC)NCC1CCN(C)CC1.I. The zero-order chi connectivity index (χ0) is 16.2. The second-order valence-electron chi connectivity index (χ2n) is 6.76. The molecule has 1 rings (SSSR count). The van der Waals surface area contributed by atoms with Crippen molar-refractivity contribution in [3.8, 4) is 0 Å². The molecule has 0 spiro atoms. The largest absolute Gasteiger partial charge is 0.357 e. The maximum Gasteiger partial charge on any atom is 0.191 e. The normalized spacial score (nSPS) is 18.3. The smallest absolute Gasteiger partial charge is 0.191 e. The Kier molecular flexibility index (Phi) is 14.3. The molecule has 1 fully saturated rings. The van der Waals surface area contributed by atoms with Crippen molar-refractivity contribution in [1.29, 1.82) is 0 Å². The lowest BCUT2D eigenvalue weighted by Crippen LogP contribution is -2.42. The van der Waals surface area contributed by atoms with Crippen LogP contribution in [0.1, 0.15) is 59.3 Å². The number of nitrogens with zero attached hydrogens (tertiary/aromatic N) is 2. The van der Waals surface area contributed by atoms with Gasteiger partial charge in [-0.05, 0) is 58.2 Å². The fraction of sp³-hybridized carbons (Fsp3) is 0.944. The molecule has 138 valence electrons. The molecule has 0 aliphatic carbocycles. The van der Waals surface area contributed by atoms with Gasteiger partial charge >= 0.3 is 0 Å². The second kappa shape index (κ2) is 14.3. The topological polar surface area (TPSA) is 39.7 Å². The summed E-state index contributed by atoms with van der Waals surface area (Å²) in [6.45, 7) is 12.1. The van der Waals surface area contributed by atoms with E-state index in [2.05, 4.69) is 43.4 Å². The molecule has 2 N–H and O–H groups in total. The summed E-state index contributed by atoms with van der Waals surface area (Å²) in [5.74, 6) is 2.54. The van der Waals surface area contributed by atoms with Gasteiger partial charge in [0.2, 0.25) is 0 Å². The molecule has 1 aliphatic rings. The lowest BCUT2D eigenvalue weighted by atomic mass is 9.97. The third-order valence-electron chi connectivity index (χ3n) is 4.79. The Morgan fingerprint density at radius 1 is 1.17 bits per heavy atom. The molecule has 1 saturated heterocycles. The van der Waals surface area contributed by atoms with Crippen LogP contribution in [0.25, 0.3) is 0 Å². The summed E-state index contributed by atoms with van der Waals surface area (Å²) in [6.07, 6.45) is 7.76. The highest BCUT2D eigenvalue weighted by Gasteiger charge is 2.16. The fourth-order valence-electron chi connectivity index (χ4n) is 2.99. The van der Waals surface area contributed by atoms with Gasteiger partial charge in [-0.1, -0.05) is 33.1 Å². The van der Waals surface area contributed by atoms with Crippen LogP contribution >= 0.6 is 24.0 Å². The second-order valence-corrected chi connectivity index (χ2v) is 6.76. The van der Waals surface area contributed by atoms with E-state index in [-0.39, 0.29) is 24.0 Å². The van der Waals surface area contributed by atoms with E-state index in [1.807, 2.05) is 0 Å². The summed E-state index contributed by atoms with van der Waals surface area (Å²) >= 11 is 0. The Morgan fingerprint density at radius 3 is 2.43 bits per heavy atom. The van der Waals surface area contributed by atoms with Crippen LogP contribution in [0.2, 0.25) is 0 Å². The molecule has 23 heavy (non-hydrogen) atoms. The number of unbranched alkanes of at least 4 members (excludes halogenated alkanes) is 1. The number of nitrogens with one attached hydrogen (secondary N) is 2. The third-order valence-corrected chi connectivity index (χ3v) is 4.79. The number of hydrogen-bond donors (Lipinski definition) is 2. The highest BCUT2D eigenvalue weighted by molar-refractivity contribution is 14.0. The average molecular weight is 438 g/mol. The van der Waals surface area contributed by atoms with Crippen molar-refractivity contribution < 1.29 is 0 Å². The van der Waals surface area contributed by atoms with Crippen LogP contribution in [-0.4, -0.2) is 50.6 Å². The third kappa shape index (κ3) is 10.4. The first-order chi connectivity index (χ1) is 10.7. The number of likely N-dealkylation sites (tertiary alicyclic amines) is 1. The van der Waals surface area contributed by atoms with Crippen molar-refractivity contribution in [3.05, 3.63) is 0 Å². The van der Waals surface area contributed by atoms with E-state index in [4.69, 9.17) is 4.99 Å². The Balaban J connectivity index is 0.00000484. The lowest BCUT2D eigenvalue weighted by Gasteiger charge is -2.29. The van der Waals surface area contributed by atoms with E-state index in [9.17, 15) is 0 Å². The molecule has 0 aromatic heterocycles. The van der Waals surface area contributed by atoms with Crippen molar-refractivity contribution in [2.24, 2.45) is 16.8 Å². The minimum absolute atomic E-state index is 0. The standard InChI is InChI=1S/C18H38N4.HI/c1-5-8-9-16(6-2)14-20-18(19-7-3)21-15-17-10-12-22(4)13-11-17;/h16-17H,5-15H2,1-4H3,(H2,19,20,21);1H. The molecule has 0 amide bonds. The van der Waals surface area contributed by atoms with Crippen LogP contribution < -0.4 is 10.6 Å². The molecule has 1 heterocycles. The summed E-state index contributed by atoms with van der Waals surface area (Å²) in [5, 5.41) is 6.96. The molecular weight excluding hydrogens is 399 g/mol. The van der Waals surface area contributed by atoms with Gasteiger partial charge in [-0.15, -0.1) is 24.0 Å². The van der Waals surface area contributed by atoms with Gasteiger partial charge in [0.05, 0.1) is 0 Å². The van der Waals surface area contributed by atoms with E-state index >= 15 is 0 Å². The Bertz CT molecular complexity index is 301. The minimum atomic E-state index is 0. The van der Waals surface area contributed by atoms with E-state index in [0.717, 1.165) is 37.4 Å². The van der Waals surface area contributed by atoms with Gasteiger partial charge < -0.3 is 15.5 Å². The Hall–Kier alpha value is -0.0400. The van der Waals surface area contributed by atoms with Crippen LogP contribution in [0.4, 0.5) is 0 Å². The van der Waals surface area contributed by atoms with Crippen molar-refractivity contribution in [1.82, 2.24) is 15.5 Å². The number of guanidine groups is 1. The first-order valence-corrected chi connectivity index (χ1v) is 9.40. The zero-order valence-electron chi connectivity index (χ0n) is 15.7. The number of rotatable bonds is 9. The zero-order valence-corrected chi connectivity index (χ0v) is 18.1. The van der Waals surface area contributed by atoms with Crippen molar-refractivity contribution >= 4 is 29.9 Å². The van der Waals surface area contributed by atoms with Gasteiger partial charge in [0.15, 0.2) is 5.96 Å². The fourth-order valence-corrected chi connectivity index (χ4v) is 2.99.